The zero-order valence-corrected chi connectivity index (χ0v) is 19.2. The van der Waals surface area contributed by atoms with Crippen molar-refractivity contribution in [1.82, 2.24) is 5.32 Å². The van der Waals surface area contributed by atoms with Crippen molar-refractivity contribution in [3.8, 4) is 0 Å². The van der Waals surface area contributed by atoms with Crippen molar-refractivity contribution in [1.29, 1.82) is 0 Å². The van der Waals surface area contributed by atoms with E-state index in [9.17, 15) is 14.7 Å². The van der Waals surface area contributed by atoms with E-state index in [0.717, 1.165) is 37.7 Å². The molecule has 0 saturated carbocycles. The minimum Gasteiger partial charge on any atom is -0.461 e. The first-order valence-corrected chi connectivity index (χ1v) is 12.7. The molecule has 6 nitrogen and oxygen atoms in total. The lowest BCUT2D eigenvalue weighted by Gasteiger charge is -2.19. The zero-order valence-electron chi connectivity index (χ0n) is 17.0. The van der Waals surface area contributed by atoms with Gasteiger partial charge in [-0.15, -0.1) is 6.58 Å². The van der Waals surface area contributed by atoms with E-state index >= 15 is 0 Å². The Kier molecular flexibility index (Phi) is 14.6. The van der Waals surface area contributed by atoms with Crippen LogP contribution in [0.25, 0.3) is 0 Å². The summed E-state index contributed by atoms with van der Waals surface area (Å²) in [6.07, 6.45) is 12.9. The fourth-order valence-electron chi connectivity index (χ4n) is 2.78. The topological polar surface area (TPSA) is 95.9 Å². The van der Waals surface area contributed by atoms with Gasteiger partial charge >= 0.3 is 5.97 Å². The first kappa shape index (κ1) is 25.7. The number of rotatable bonds is 16. The van der Waals surface area contributed by atoms with Crippen LogP contribution in [0, 0.1) is 0 Å². The van der Waals surface area contributed by atoms with E-state index in [2.05, 4.69) is 20.0 Å². The van der Waals surface area contributed by atoms with Crippen LogP contribution in [0.3, 0.4) is 0 Å². The van der Waals surface area contributed by atoms with Crippen molar-refractivity contribution < 1.29 is 24.5 Å². The number of amides is 1. The number of carbonyl (C=O) groups excluding carboxylic acids is 2. The van der Waals surface area contributed by atoms with Gasteiger partial charge in [0, 0.05) is 12.8 Å². The maximum atomic E-state index is 12.4. The lowest BCUT2D eigenvalue weighted by atomic mass is 10.1. The molecule has 1 heterocycles. The fourth-order valence-corrected chi connectivity index (χ4v) is 4.36. The number of hydrogen-bond acceptors (Lipinski definition) is 5. The van der Waals surface area contributed by atoms with E-state index < -0.39 is 24.7 Å². The van der Waals surface area contributed by atoms with Crippen LogP contribution in [0.4, 0.5) is 0 Å². The minimum absolute atomic E-state index is 0.158. The molecule has 0 spiro atoms. The molecule has 2 atom stereocenters. The molecule has 1 aliphatic heterocycles. The van der Waals surface area contributed by atoms with Crippen LogP contribution < -0.4 is 5.32 Å². The molecule has 0 radical (unpaired) electrons. The molecule has 0 aliphatic carbocycles. The lowest BCUT2D eigenvalue weighted by Crippen LogP contribution is -2.43. The minimum atomic E-state index is -1.11. The average molecular weight is 519 g/mol. The summed E-state index contributed by atoms with van der Waals surface area (Å²) in [5.41, 5.74) is 1.00. The molecule has 0 aromatic rings. The lowest BCUT2D eigenvalue weighted by molar-refractivity contribution is -0.151. The van der Waals surface area contributed by atoms with Gasteiger partial charge in [0.15, 0.2) is 0 Å². The number of esters is 1. The van der Waals surface area contributed by atoms with Gasteiger partial charge in [-0.3, -0.25) is 4.79 Å². The molecule has 7 heteroatoms. The van der Waals surface area contributed by atoms with Crippen molar-refractivity contribution in [3.63, 3.8) is 0 Å². The van der Waals surface area contributed by atoms with Crippen molar-refractivity contribution in [2.75, 3.05) is 13.2 Å². The quantitative estimate of drug-likeness (QED) is 0.126. The van der Waals surface area contributed by atoms with Gasteiger partial charge in [0.1, 0.15) is 18.8 Å². The van der Waals surface area contributed by atoms with E-state index in [0.29, 0.717) is 12.8 Å². The van der Waals surface area contributed by atoms with E-state index in [1.807, 2.05) is 18.2 Å². The second-order valence-corrected chi connectivity index (χ2v) is 9.10. The normalized spacial score (nSPS) is 15.0. The molecule has 29 heavy (non-hydrogen) atoms. The monoisotopic (exact) mass is 519 g/mol. The van der Waals surface area contributed by atoms with Crippen LogP contribution in [0.5, 0.6) is 0 Å². The van der Waals surface area contributed by atoms with Crippen molar-refractivity contribution in [3.05, 3.63) is 34.5 Å². The number of aliphatic hydroxyl groups excluding tert-OH is 2. The Balaban J connectivity index is 2.42. The summed E-state index contributed by atoms with van der Waals surface area (Å²) in [4.78, 5) is 24.7. The third kappa shape index (κ3) is 12.8. The summed E-state index contributed by atoms with van der Waals surface area (Å²) < 4.78 is 9.29. The number of unbranched alkanes of at least 4 members (excludes halogenated alkanes) is 6. The van der Waals surface area contributed by atoms with Crippen molar-refractivity contribution in [2.45, 2.75) is 69.9 Å². The van der Waals surface area contributed by atoms with Crippen LogP contribution in [0.1, 0.15) is 57.8 Å². The fraction of sp³-hybridized carbons (Fsp3) is 0.591. The first-order valence-electron chi connectivity index (χ1n) is 10.2. The summed E-state index contributed by atoms with van der Waals surface area (Å²) in [7, 11) is 0. The molecule has 0 aromatic heterocycles. The van der Waals surface area contributed by atoms with E-state index in [4.69, 9.17) is 9.84 Å². The molecule has 2 unspecified atom stereocenters. The molecule has 3 N–H and O–H groups in total. The van der Waals surface area contributed by atoms with Crippen LogP contribution in [-0.4, -0.2) is 51.5 Å². The van der Waals surface area contributed by atoms with Gasteiger partial charge < -0.3 is 20.3 Å². The summed E-state index contributed by atoms with van der Waals surface area (Å²) in [5, 5.41) is 21.0. The van der Waals surface area contributed by atoms with E-state index in [1.165, 1.54) is 12.8 Å². The zero-order chi connectivity index (χ0) is 21.3. The molecule has 0 fully saturated rings. The average Bonchev–Trinajstić information content (AvgIpc) is 2.73. The Hall–Kier alpha value is -1.32. The molecule has 1 rings (SSSR count). The number of allylic oxidation sites excluding steroid dienone is 3. The highest BCUT2D eigenvalue weighted by molar-refractivity contribution is 14.2. The number of ether oxygens (including phenoxy) is 1. The standard InChI is InChI=1S/C22H34INO5/c1-2-3-4-5-6-7-8-9-12-21(27)24-20(14-18-11-10-13-23-15-18)22(28)29-17-19(26)16-25/h2,10-11,13,15,19-20,25-26H,1,3-9,12,14,16-17H2,(H,24,27). The van der Waals surface area contributed by atoms with Gasteiger partial charge in [-0.25, -0.2) is 4.79 Å². The van der Waals surface area contributed by atoms with Crippen molar-refractivity contribution in [2.24, 2.45) is 0 Å². The number of carbonyl (C=O) groups is 2. The summed E-state index contributed by atoms with van der Waals surface area (Å²) in [6, 6.07) is -0.787. The molecule has 1 aliphatic rings. The molecular weight excluding hydrogens is 485 g/mol. The Morgan fingerprint density at radius 2 is 1.93 bits per heavy atom. The van der Waals surface area contributed by atoms with Crippen LogP contribution in [-0.2, 0) is 14.3 Å². The Morgan fingerprint density at radius 3 is 2.59 bits per heavy atom. The third-order valence-electron chi connectivity index (χ3n) is 4.41. The molecule has 164 valence electrons. The number of aliphatic hydroxyl groups is 2. The number of nitrogens with one attached hydrogen (secondary N) is 1. The van der Waals surface area contributed by atoms with Crippen molar-refractivity contribution >= 4 is 36.6 Å². The van der Waals surface area contributed by atoms with Gasteiger partial charge in [-0.1, -0.05) is 64.6 Å². The Morgan fingerprint density at radius 1 is 1.21 bits per heavy atom. The second-order valence-electron chi connectivity index (χ2n) is 7.03. The predicted molar refractivity (Wildman–Crippen MR) is 125 cm³/mol. The maximum Gasteiger partial charge on any atom is 0.329 e. The molecular formula is C22H34INO5. The molecule has 0 bridgehead atoms. The van der Waals surface area contributed by atoms with Gasteiger partial charge in [-0.05, 0) is 32.9 Å². The SMILES string of the molecule is C=CCCCCCCCCC(=O)NC(CC1=CI=CC=C1)C(=O)OCC(O)CO. The predicted octanol–water partition coefficient (Wildman–Crippen LogP) is 3.29. The molecule has 1 amide bonds. The maximum absolute atomic E-state index is 12.4. The Labute approximate surface area is 183 Å². The summed E-state index contributed by atoms with van der Waals surface area (Å²) in [5.74, 6) is -0.752. The van der Waals surface area contributed by atoms with E-state index in [-0.39, 0.29) is 33.2 Å². The van der Waals surface area contributed by atoms with Gasteiger partial charge in [0.2, 0.25) is 5.91 Å². The van der Waals surface area contributed by atoms with Crippen LogP contribution in [0.15, 0.2) is 34.5 Å². The van der Waals surface area contributed by atoms with Gasteiger partial charge in [0.05, 0.1) is 6.61 Å². The first-order chi connectivity index (χ1) is 14.1. The highest BCUT2D eigenvalue weighted by Crippen LogP contribution is 2.17. The number of halogens is 1. The smallest absolute Gasteiger partial charge is 0.329 e. The summed E-state index contributed by atoms with van der Waals surface area (Å²) in [6.45, 7) is 2.95. The highest BCUT2D eigenvalue weighted by Gasteiger charge is 2.24. The van der Waals surface area contributed by atoms with Gasteiger partial charge in [0.25, 0.3) is 0 Å². The second kappa shape index (κ2) is 16.5. The Bertz CT molecular complexity index is 600. The van der Waals surface area contributed by atoms with Crippen LogP contribution in [0.2, 0.25) is 0 Å². The number of hydrogen-bond donors (Lipinski definition) is 3. The highest BCUT2D eigenvalue weighted by atomic mass is 127. The van der Waals surface area contributed by atoms with E-state index in [1.54, 1.807) is 0 Å². The summed E-state index contributed by atoms with van der Waals surface area (Å²) >= 11 is -0.158. The third-order valence-corrected chi connectivity index (χ3v) is 6.40. The van der Waals surface area contributed by atoms with Gasteiger partial charge in [-0.2, -0.15) is 0 Å². The largest absolute Gasteiger partial charge is 0.461 e. The molecule has 0 aromatic carbocycles. The molecule has 0 saturated heterocycles. The van der Waals surface area contributed by atoms with Crippen LogP contribution >= 0.6 is 20.7 Å².